The zero-order valence-electron chi connectivity index (χ0n) is 7.55. The van der Waals surface area contributed by atoms with E-state index in [-0.39, 0.29) is 6.04 Å². The molecule has 0 amide bonds. The summed E-state index contributed by atoms with van der Waals surface area (Å²) in [5, 5.41) is 3.22. The van der Waals surface area contributed by atoms with E-state index in [1.165, 1.54) is 0 Å². The van der Waals surface area contributed by atoms with E-state index in [2.05, 4.69) is 27.8 Å². The number of anilines is 2. The molecule has 3 heteroatoms. The van der Waals surface area contributed by atoms with Crippen molar-refractivity contribution >= 4 is 27.3 Å². The topological polar surface area (TPSA) is 38.0 Å². The number of nitrogens with two attached hydrogens (primary N) is 1. The first-order valence-electron chi connectivity index (χ1n) is 4.07. The Labute approximate surface area is 87.0 Å². The third-order valence-electron chi connectivity index (χ3n) is 1.75. The highest BCUT2D eigenvalue weighted by Crippen LogP contribution is 2.23. The van der Waals surface area contributed by atoms with Crippen molar-refractivity contribution in [3.8, 4) is 0 Å². The summed E-state index contributed by atoms with van der Waals surface area (Å²) in [4.78, 5) is 0. The van der Waals surface area contributed by atoms with Gasteiger partial charge >= 0.3 is 0 Å². The van der Waals surface area contributed by atoms with Gasteiger partial charge in [0.15, 0.2) is 0 Å². The summed E-state index contributed by atoms with van der Waals surface area (Å²) >= 11 is 3.35. The van der Waals surface area contributed by atoms with Crippen molar-refractivity contribution in [2.45, 2.75) is 13.0 Å². The van der Waals surface area contributed by atoms with E-state index in [4.69, 9.17) is 5.73 Å². The van der Waals surface area contributed by atoms with Crippen LogP contribution in [0.3, 0.4) is 0 Å². The van der Waals surface area contributed by atoms with Gasteiger partial charge in [0.25, 0.3) is 0 Å². The minimum atomic E-state index is 0.225. The molecule has 0 aromatic heterocycles. The van der Waals surface area contributed by atoms with Crippen molar-refractivity contribution in [3.05, 3.63) is 35.3 Å². The maximum atomic E-state index is 5.80. The van der Waals surface area contributed by atoms with Crippen LogP contribution in [-0.4, -0.2) is 6.04 Å². The molecular weight excluding hydrogens is 228 g/mol. The fourth-order valence-electron chi connectivity index (χ4n) is 0.969. The van der Waals surface area contributed by atoms with E-state index >= 15 is 0 Å². The lowest BCUT2D eigenvalue weighted by atomic mass is 10.2. The highest BCUT2D eigenvalue weighted by molar-refractivity contribution is 9.10. The van der Waals surface area contributed by atoms with E-state index in [0.29, 0.717) is 0 Å². The lowest BCUT2D eigenvalue weighted by Gasteiger charge is -2.12. The van der Waals surface area contributed by atoms with E-state index in [0.717, 1.165) is 15.8 Å². The van der Waals surface area contributed by atoms with Crippen molar-refractivity contribution < 1.29 is 0 Å². The summed E-state index contributed by atoms with van der Waals surface area (Å²) in [5.41, 5.74) is 7.48. The molecule has 0 aliphatic rings. The number of hydrogen-bond acceptors (Lipinski definition) is 2. The molecule has 2 nitrogen and oxygen atoms in total. The molecule has 0 fully saturated rings. The van der Waals surface area contributed by atoms with Gasteiger partial charge in [-0.25, -0.2) is 0 Å². The predicted octanol–water partition coefficient (Wildman–Crippen LogP) is 3.02. The Morgan fingerprint density at radius 2 is 2.31 bits per heavy atom. The highest BCUT2D eigenvalue weighted by Gasteiger charge is 2.01. The fraction of sp³-hybridized carbons (Fsp3) is 0.200. The van der Waals surface area contributed by atoms with Crippen LogP contribution in [0, 0.1) is 0 Å². The molecule has 0 saturated heterocycles. The molecule has 0 bridgehead atoms. The van der Waals surface area contributed by atoms with Crippen molar-refractivity contribution in [3.63, 3.8) is 0 Å². The smallest absolute Gasteiger partial charge is 0.0579 e. The second kappa shape index (κ2) is 4.33. The Morgan fingerprint density at radius 3 is 2.85 bits per heavy atom. The summed E-state index contributed by atoms with van der Waals surface area (Å²) in [7, 11) is 0. The van der Waals surface area contributed by atoms with Gasteiger partial charge in [0.1, 0.15) is 0 Å². The normalized spacial score (nSPS) is 12.2. The lowest BCUT2D eigenvalue weighted by Crippen LogP contribution is -2.12. The van der Waals surface area contributed by atoms with E-state index in [9.17, 15) is 0 Å². The maximum absolute atomic E-state index is 5.80. The van der Waals surface area contributed by atoms with Crippen LogP contribution < -0.4 is 11.1 Å². The maximum Gasteiger partial charge on any atom is 0.0579 e. The molecule has 13 heavy (non-hydrogen) atoms. The zero-order valence-corrected chi connectivity index (χ0v) is 9.14. The molecule has 1 aromatic carbocycles. The van der Waals surface area contributed by atoms with Gasteiger partial charge in [-0.2, -0.15) is 0 Å². The summed E-state index contributed by atoms with van der Waals surface area (Å²) < 4.78 is 0.988. The van der Waals surface area contributed by atoms with Gasteiger partial charge in [0.05, 0.1) is 11.4 Å². The second-order valence-electron chi connectivity index (χ2n) is 2.90. The fourth-order valence-corrected chi connectivity index (χ4v) is 1.35. The molecule has 0 spiro atoms. The van der Waals surface area contributed by atoms with Crippen molar-refractivity contribution in [1.82, 2.24) is 0 Å². The first kappa shape index (κ1) is 10.1. The number of nitrogens with one attached hydrogen (secondary N) is 1. The molecular formula is C10H13BrN2. The van der Waals surface area contributed by atoms with Crippen molar-refractivity contribution in [2.24, 2.45) is 0 Å². The minimum Gasteiger partial charge on any atom is -0.397 e. The van der Waals surface area contributed by atoms with Crippen LogP contribution in [0.1, 0.15) is 6.92 Å². The molecule has 0 aliphatic heterocycles. The Hall–Kier alpha value is -0.960. The molecule has 1 rings (SSSR count). The van der Waals surface area contributed by atoms with Gasteiger partial charge < -0.3 is 11.1 Å². The summed E-state index contributed by atoms with van der Waals surface area (Å²) in [6.07, 6.45) is 1.83. The van der Waals surface area contributed by atoms with Crippen LogP contribution in [0.5, 0.6) is 0 Å². The molecule has 1 unspecified atom stereocenters. The third kappa shape index (κ3) is 2.77. The highest BCUT2D eigenvalue weighted by atomic mass is 79.9. The van der Waals surface area contributed by atoms with Crippen LogP contribution in [-0.2, 0) is 0 Å². The van der Waals surface area contributed by atoms with Gasteiger partial charge in [-0.05, 0) is 25.1 Å². The molecule has 3 N–H and O–H groups in total. The summed E-state index contributed by atoms with van der Waals surface area (Å²) in [6.45, 7) is 5.71. The molecule has 0 saturated carbocycles. The number of hydrogen-bond donors (Lipinski definition) is 2. The van der Waals surface area contributed by atoms with Crippen LogP contribution >= 0.6 is 15.9 Å². The monoisotopic (exact) mass is 240 g/mol. The quantitative estimate of drug-likeness (QED) is 0.630. The van der Waals surface area contributed by atoms with Crippen molar-refractivity contribution in [1.29, 1.82) is 0 Å². The van der Waals surface area contributed by atoms with Gasteiger partial charge in [-0.1, -0.05) is 22.0 Å². The standard InChI is InChI=1S/C10H13BrN2/c1-3-7(2)13-10-5-4-8(11)6-9(10)12/h3-7,13H,1,12H2,2H3. The SMILES string of the molecule is C=CC(C)Nc1ccc(Br)cc1N. The number of nitrogen functional groups attached to an aromatic ring is 1. The second-order valence-corrected chi connectivity index (χ2v) is 3.82. The molecule has 0 heterocycles. The van der Waals surface area contributed by atoms with Crippen LogP contribution in [0.4, 0.5) is 11.4 Å². The van der Waals surface area contributed by atoms with Gasteiger partial charge in [0.2, 0.25) is 0 Å². The van der Waals surface area contributed by atoms with Crippen LogP contribution in [0.2, 0.25) is 0 Å². The summed E-state index contributed by atoms with van der Waals surface area (Å²) in [5.74, 6) is 0. The predicted molar refractivity (Wildman–Crippen MR) is 61.8 cm³/mol. The van der Waals surface area contributed by atoms with E-state index in [1.807, 2.05) is 31.2 Å². The van der Waals surface area contributed by atoms with Gasteiger partial charge in [-0.15, -0.1) is 6.58 Å². The Balaban J connectivity index is 2.83. The molecule has 1 atom stereocenters. The van der Waals surface area contributed by atoms with Gasteiger partial charge in [0, 0.05) is 10.5 Å². The average molecular weight is 241 g/mol. The van der Waals surface area contributed by atoms with E-state index in [1.54, 1.807) is 0 Å². The first-order valence-corrected chi connectivity index (χ1v) is 4.87. The van der Waals surface area contributed by atoms with Crippen molar-refractivity contribution in [2.75, 3.05) is 11.1 Å². The average Bonchev–Trinajstić information content (AvgIpc) is 2.09. The zero-order chi connectivity index (χ0) is 9.84. The first-order chi connectivity index (χ1) is 6.13. The number of benzene rings is 1. The van der Waals surface area contributed by atoms with Crippen LogP contribution in [0.15, 0.2) is 35.3 Å². The van der Waals surface area contributed by atoms with E-state index < -0.39 is 0 Å². The van der Waals surface area contributed by atoms with Crippen LogP contribution in [0.25, 0.3) is 0 Å². The molecule has 70 valence electrons. The largest absolute Gasteiger partial charge is 0.397 e. The summed E-state index contributed by atoms with van der Waals surface area (Å²) in [6, 6.07) is 6.00. The number of rotatable bonds is 3. The Bertz CT molecular complexity index is 310. The Morgan fingerprint density at radius 1 is 1.62 bits per heavy atom. The lowest BCUT2D eigenvalue weighted by molar-refractivity contribution is 1.00. The van der Waals surface area contributed by atoms with Gasteiger partial charge in [-0.3, -0.25) is 0 Å². The molecule has 1 aromatic rings. The Kier molecular flexibility index (Phi) is 3.37. The third-order valence-corrected chi connectivity index (χ3v) is 2.24. The minimum absolute atomic E-state index is 0.225. The molecule has 0 radical (unpaired) electrons. The molecule has 0 aliphatic carbocycles. The number of halogens is 1.